The number of hydrogen-bond donors (Lipinski definition) is 2. The van der Waals surface area contributed by atoms with E-state index in [4.69, 9.17) is 5.73 Å². The molecule has 0 saturated heterocycles. The minimum Gasteiger partial charge on any atom is -0.394 e. The first-order chi connectivity index (χ1) is 9.02. The van der Waals surface area contributed by atoms with E-state index in [-0.39, 0.29) is 11.9 Å². The van der Waals surface area contributed by atoms with Crippen molar-refractivity contribution in [1.82, 2.24) is 9.78 Å². The van der Waals surface area contributed by atoms with Crippen LogP contribution in [-0.4, -0.2) is 9.78 Å². The number of hydrogen-bond acceptors (Lipinski definition) is 3. The number of nitrogens with zero attached hydrogens (tertiary/aromatic N) is 2. The van der Waals surface area contributed by atoms with Crippen molar-refractivity contribution in [1.29, 1.82) is 0 Å². The third-order valence-electron chi connectivity index (χ3n) is 3.18. The van der Waals surface area contributed by atoms with Crippen LogP contribution in [0.1, 0.15) is 31.1 Å². The molecule has 1 heterocycles. The molecule has 3 N–H and O–H groups in total. The Hall–Kier alpha value is -2.04. The first-order valence-corrected chi connectivity index (χ1v) is 6.37. The van der Waals surface area contributed by atoms with E-state index >= 15 is 0 Å². The van der Waals surface area contributed by atoms with Gasteiger partial charge in [-0.05, 0) is 38.5 Å². The largest absolute Gasteiger partial charge is 0.394 e. The molecule has 0 saturated carbocycles. The number of nitrogens with two attached hydrogens (primary N) is 1. The van der Waals surface area contributed by atoms with Gasteiger partial charge in [0.15, 0.2) is 0 Å². The summed E-state index contributed by atoms with van der Waals surface area (Å²) in [5.41, 5.74) is 8.34. The minimum atomic E-state index is -0.237. The maximum Gasteiger partial charge on any atom is 0.148 e. The lowest BCUT2D eigenvalue weighted by molar-refractivity contribution is 0.622. The van der Waals surface area contributed by atoms with Crippen LogP contribution < -0.4 is 11.1 Å². The summed E-state index contributed by atoms with van der Waals surface area (Å²) in [6, 6.07) is 6.50. The topological polar surface area (TPSA) is 55.9 Å². The van der Waals surface area contributed by atoms with Crippen LogP contribution in [0.15, 0.2) is 24.3 Å². The summed E-state index contributed by atoms with van der Waals surface area (Å²) in [6.45, 7) is 6.58. The summed E-state index contributed by atoms with van der Waals surface area (Å²) in [6.07, 6.45) is 0. The number of nitrogen functional groups attached to an aromatic ring is 1. The monoisotopic (exact) mass is 262 g/mol. The number of benzene rings is 1. The minimum absolute atomic E-state index is 0.0422. The molecule has 0 aliphatic carbocycles. The second-order valence-electron chi connectivity index (χ2n) is 4.58. The zero-order valence-corrected chi connectivity index (χ0v) is 11.4. The molecule has 4 nitrogen and oxygen atoms in total. The van der Waals surface area contributed by atoms with Gasteiger partial charge < -0.3 is 11.1 Å². The second-order valence-corrected chi connectivity index (χ2v) is 4.58. The van der Waals surface area contributed by atoms with E-state index in [1.165, 1.54) is 12.1 Å². The highest BCUT2D eigenvalue weighted by Crippen LogP contribution is 2.26. The highest BCUT2D eigenvalue weighted by Gasteiger charge is 2.14. The molecule has 102 valence electrons. The molecule has 0 spiro atoms. The van der Waals surface area contributed by atoms with Crippen molar-refractivity contribution in [2.75, 3.05) is 11.1 Å². The molecule has 2 rings (SSSR count). The molecule has 0 radical (unpaired) electrons. The number of anilines is 2. The molecule has 0 bridgehead atoms. The zero-order chi connectivity index (χ0) is 14.0. The molecule has 1 aromatic heterocycles. The predicted octanol–water partition coefficient (Wildman–Crippen LogP) is 3.11. The van der Waals surface area contributed by atoms with Crippen molar-refractivity contribution < 1.29 is 4.39 Å². The smallest absolute Gasteiger partial charge is 0.148 e. The van der Waals surface area contributed by atoms with E-state index in [0.717, 1.165) is 23.6 Å². The highest BCUT2D eigenvalue weighted by molar-refractivity contribution is 5.65. The van der Waals surface area contributed by atoms with Gasteiger partial charge in [-0.2, -0.15) is 5.10 Å². The van der Waals surface area contributed by atoms with Gasteiger partial charge >= 0.3 is 0 Å². The average molecular weight is 262 g/mol. The van der Waals surface area contributed by atoms with Gasteiger partial charge in [-0.3, -0.25) is 0 Å². The molecule has 0 fully saturated rings. The molecule has 5 heteroatoms. The van der Waals surface area contributed by atoms with Crippen LogP contribution in [0.4, 0.5) is 15.9 Å². The summed E-state index contributed by atoms with van der Waals surface area (Å²) >= 11 is 0. The van der Waals surface area contributed by atoms with Crippen molar-refractivity contribution >= 4 is 11.5 Å². The van der Waals surface area contributed by atoms with Crippen molar-refractivity contribution in [3.05, 3.63) is 41.3 Å². The van der Waals surface area contributed by atoms with E-state index in [1.54, 1.807) is 6.07 Å². The van der Waals surface area contributed by atoms with Gasteiger partial charge in [0, 0.05) is 6.54 Å². The van der Waals surface area contributed by atoms with Crippen LogP contribution in [-0.2, 0) is 6.54 Å². The normalized spacial score (nSPS) is 12.4. The highest BCUT2D eigenvalue weighted by atomic mass is 19.1. The van der Waals surface area contributed by atoms with Gasteiger partial charge in [-0.25, -0.2) is 9.07 Å². The molecule has 19 heavy (non-hydrogen) atoms. The summed E-state index contributed by atoms with van der Waals surface area (Å²) in [5, 5.41) is 7.65. The van der Waals surface area contributed by atoms with E-state index in [0.29, 0.717) is 5.69 Å². The second kappa shape index (κ2) is 5.30. The van der Waals surface area contributed by atoms with Crippen LogP contribution in [0.2, 0.25) is 0 Å². The van der Waals surface area contributed by atoms with Gasteiger partial charge in [0.1, 0.15) is 11.6 Å². The standard InChI is InChI=1S/C14H19FN4/c1-4-19-14(13(16)10(3)18-19)17-9(2)11-6-5-7-12(15)8-11/h5-9,17H,4,16H2,1-3H3. The number of halogens is 1. The van der Waals surface area contributed by atoms with E-state index in [2.05, 4.69) is 10.4 Å². The lowest BCUT2D eigenvalue weighted by Crippen LogP contribution is -2.12. The molecule has 1 aromatic carbocycles. The maximum atomic E-state index is 13.2. The van der Waals surface area contributed by atoms with Crippen molar-refractivity contribution in [2.45, 2.75) is 33.4 Å². The summed E-state index contributed by atoms with van der Waals surface area (Å²) in [4.78, 5) is 0. The molecular weight excluding hydrogens is 243 g/mol. The fourth-order valence-electron chi connectivity index (χ4n) is 2.04. The molecule has 0 aliphatic rings. The fraction of sp³-hybridized carbons (Fsp3) is 0.357. The SMILES string of the molecule is CCn1nc(C)c(N)c1NC(C)c1cccc(F)c1. The predicted molar refractivity (Wildman–Crippen MR) is 75.5 cm³/mol. The Morgan fingerprint density at radius 1 is 1.47 bits per heavy atom. The number of rotatable bonds is 4. The van der Waals surface area contributed by atoms with Gasteiger partial charge in [-0.15, -0.1) is 0 Å². The lowest BCUT2D eigenvalue weighted by Gasteiger charge is -2.17. The number of nitrogens with one attached hydrogen (secondary N) is 1. The summed E-state index contributed by atoms with van der Waals surface area (Å²) in [7, 11) is 0. The van der Waals surface area contributed by atoms with Crippen LogP contribution in [0.5, 0.6) is 0 Å². The molecule has 0 amide bonds. The zero-order valence-electron chi connectivity index (χ0n) is 11.4. The van der Waals surface area contributed by atoms with Crippen molar-refractivity contribution in [3.63, 3.8) is 0 Å². The van der Waals surface area contributed by atoms with Crippen LogP contribution >= 0.6 is 0 Å². The fourth-order valence-corrected chi connectivity index (χ4v) is 2.04. The first-order valence-electron chi connectivity index (χ1n) is 6.37. The van der Waals surface area contributed by atoms with Crippen molar-refractivity contribution in [2.24, 2.45) is 0 Å². The Morgan fingerprint density at radius 3 is 2.84 bits per heavy atom. The summed E-state index contributed by atoms with van der Waals surface area (Å²) in [5.74, 6) is 0.552. The maximum absolute atomic E-state index is 13.2. The van der Waals surface area contributed by atoms with Crippen LogP contribution in [0.25, 0.3) is 0 Å². The molecule has 1 unspecified atom stereocenters. The molecule has 0 aliphatic heterocycles. The van der Waals surface area contributed by atoms with Crippen molar-refractivity contribution in [3.8, 4) is 0 Å². The molecular formula is C14H19FN4. The van der Waals surface area contributed by atoms with E-state index < -0.39 is 0 Å². The molecule has 1 atom stereocenters. The van der Waals surface area contributed by atoms with Gasteiger partial charge in [0.2, 0.25) is 0 Å². The molecule has 2 aromatic rings. The number of aryl methyl sites for hydroxylation is 2. The lowest BCUT2D eigenvalue weighted by atomic mass is 10.1. The quantitative estimate of drug-likeness (QED) is 0.890. The first kappa shape index (κ1) is 13.4. The van der Waals surface area contributed by atoms with Gasteiger partial charge in [0.05, 0.1) is 17.4 Å². The van der Waals surface area contributed by atoms with E-state index in [1.807, 2.05) is 31.5 Å². The Morgan fingerprint density at radius 2 is 2.21 bits per heavy atom. The van der Waals surface area contributed by atoms with E-state index in [9.17, 15) is 4.39 Å². The Bertz CT molecular complexity index is 577. The third-order valence-corrected chi connectivity index (χ3v) is 3.18. The van der Waals surface area contributed by atoms with Crippen LogP contribution in [0, 0.1) is 12.7 Å². The van der Waals surface area contributed by atoms with Gasteiger partial charge in [-0.1, -0.05) is 12.1 Å². The Balaban J connectivity index is 2.26. The van der Waals surface area contributed by atoms with Gasteiger partial charge in [0.25, 0.3) is 0 Å². The van der Waals surface area contributed by atoms with Crippen LogP contribution in [0.3, 0.4) is 0 Å². The Labute approximate surface area is 112 Å². The summed E-state index contributed by atoms with van der Waals surface area (Å²) < 4.78 is 15.0. The third kappa shape index (κ3) is 2.70. The Kier molecular flexibility index (Phi) is 3.74. The average Bonchev–Trinajstić information content (AvgIpc) is 2.66. The number of aromatic nitrogens is 2.